The molecule has 8 nitrogen and oxygen atoms in total. The number of likely N-dealkylation sites (tertiary alicyclic amines) is 1. The molecule has 8 heteroatoms. The summed E-state index contributed by atoms with van der Waals surface area (Å²) >= 11 is 0. The van der Waals surface area contributed by atoms with Gasteiger partial charge in [0.1, 0.15) is 11.4 Å². The Balaban J connectivity index is 1.77. The monoisotopic (exact) mass is 753 g/mol. The number of nitrogens with zero attached hydrogens (tertiary/aromatic N) is 4. The molecule has 300 valence electrons. The molecule has 4 unspecified atom stereocenters. The Labute approximate surface area is 332 Å². The van der Waals surface area contributed by atoms with Gasteiger partial charge in [-0.2, -0.15) is 0 Å². The molecule has 0 N–H and O–H groups in total. The lowest BCUT2D eigenvalue weighted by Crippen LogP contribution is -2.71. The minimum absolute atomic E-state index is 0.0451. The summed E-state index contributed by atoms with van der Waals surface area (Å²) in [5.74, 6) is 2.44. The summed E-state index contributed by atoms with van der Waals surface area (Å²) in [6, 6.07) is 34.1. The van der Waals surface area contributed by atoms with Gasteiger partial charge in [-0.15, -0.1) is 0 Å². The van der Waals surface area contributed by atoms with Crippen LogP contribution in [0, 0.1) is 11.8 Å². The van der Waals surface area contributed by atoms with Gasteiger partial charge in [-0.3, -0.25) is 9.80 Å². The fourth-order valence-corrected chi connectivity index (χ4v) is 8.27. The first-order chi connectivity index (χ1) is 26.7. The molecule has 0 bridgehead atoms. The maximum atomic E-state index is 7.66. The number of hydrogen-bond acceptors (Lipinski definition) is 8. The molecular weight excluding hydrogens is 685 g/mol. The molecule has 0 saturated carbocycles. The van der Waals surface area contributed by atoms with E-state index in [-0.39, 0.29) is 18.1 Å². The fourth-order valence-electron chi connectivity index (χ4n) is 8.27. The van der Waals surface area contributed by atoms with Crippen LogP contribution >= 0.6 is 0 Å². The molecule has 0 spiro atoms. The Kier molecular flexibility index (Phi) is 16.1. The van der Waals surface area contributed by atoms with Crippen LogP contribution in [0.1, 0.15) is 66.9 Å². The molecule has 1 fully saturated rings. The topological polar surface area (TPSA) is 53.8 Å². The highest BCUT2D eigenvalue weighted by atomic mass is 16.5. The number of furan rings is 1. The van der Waals surface area contributed by atoms with Gasteiger partial charge in [0.15, 0.2) is 5.88 Å². The van der Waals surface area contributed by atoms with Gasteiger partial charge < -0.3 is 28.4 Å². The smallest absolute Gasteiger partial charge is 0.199 e. The number of para-hydroxylation sites is 2. The third-order valence-corrected chi connectivity index (χ3v) is 11.1. The Bertz CT molecular complexity index is 1610. The standard InChI is InChI=1S/C47H68N4O4/c1-9-48(10-2)44(33-50(45-24-19-31-54-45)40-20-13-11-14-21-40)47(7,55-35-38(5)6)46(43(36-53-34-37(3)4)49-29-17-18-30-49)51(41-22-15-12-16-23-41)32-39-25-27-42(52-8)28-26-39/h11-16,19-28,31,37-38,43-44,46H,9-10,17-18,29-30,32-36H2,1-8H3. The SMILES string of the molecule is CCN(CC)C(CN(c1ccccc1)c1ccco1)C(C)(OCC(C)C)C(C(COCC(C)C)N1CCCC1)N(Cc1ccc(OC)cc1)c1ccccc1. The van der Waals surface area contributed by atoms with E-state index in [1.54, 1.807) is 13.4 Å². The third-order valence-electron chi connectivity index (χ3n) is 11.1. The quantitative estimate of drug-likeness (QED) is 0.0743. The van der Waals surface area contributed by atoms with Gasteiger partial charge in [0, 0.05) is 43.7 Å². The molecule has 0 amide bonds. The van der Waals surface area contributed by atoms with E-state index in [0.29, 0.717) is 44.7 Å². The molecule has 1 aliphatic rings. The zero-order chi connectivity index (χ0) is 39.2. The zero-order valence-corrected chi connectivity index (χ0v) is 34.9. The highest BCUT2D eigenvalue weighted by Crippen LogP contribution is 2.40. The molecule has 4 atom stereocenters. The molecule has 5 rings (SSSR count). The van der Waals surface area contributed by atoms with Crippen molar-refractivity contribution in [2.24, 2.45) is 11.8 Å². The first-order valence-corrected chi connectivity index (χ1v) is 20.7. The fraction of sp³-hybridized carbons (Fsp3) is 0.532. The maximum absolute atomic E-state index is 7.66. The lowest BCUT2D eigenvalue weighted by Gasteiger charge is -2.56. The van der Waals surface area contributed by atoms with E-state index in [4.69, 9.17) is 18.6 Å². The molecule has 4 aromatic rings. The van der Waals surface area contributed by atoms with E-state index in [9.17, 15) is 0 Å². The van der Waals surface area contributed by atoms with Crippen LogP contribution in [0.5, 0.6) is 5.75 Å². The van der Waals surface area contributed by atoms with Crippen molar-refractivity contribution in [1.29, 1.82) is 0 Å². The molecule has 1 saturated heterocycles. The minimum atomic E-state index is -0.716. The van der Waals surface area contributed by atoms with Crippen LogP contribution in [0.4, 0.5) is 17.3 Å². The van der Waals surface area contributed by atoms with Crippen LogP contribution in [0.25, 0.3) is 0 Å². The van der Waals surface area contributed by atoms with Crippen molar-refractivity contribution >= 4 is 17.3 Å². The summed E-state index contributed by atoms with van der Waals surface area (Å²) in [7, 11) is 1.73. The summed E-state index contributed by atoms with van der Waals surface area (Å²) in [6.07, 6.45) is 4.14. The average molecular weight is 753 g/mol. The van der Waals surface area contributed by atoms with Gasteiger partial charge in [-0.05, 0) is 106 Å². The molecule has 55 heavy (non-hydrogen) atoms. The summed E-state index contributed by atoms with van der Waals surface area (Å²) in [4.78, 5) is 10.3. The second-order valence-electron chi connectivity index (χ2n) is 16.0. The second-order valence-corrected chi connectivity index (χ2v) is 16.0. The molecular formula is C47H68N4O4. The molecule has 0 radical (unpaired) electrons. The van der Waals surface area contributed by atoms with Gasteiger partial charge in [-0.25, -0.2) is 0 Å². The lowest BCUT2D eigenvalue weighted by atomic mass is 9.79. The molecule has 2 heterocycles. The van der Waals surface area contributed by atoms with Crippen LogP contribution in [-0.2, 0) is 16.0 Å². The number of ether oxygens (including phenoxy) is 3. The largest absolute Gasteiger partial charge is 0.497 e. The number of anilines is 3. The molecule has 3 aromatic carbocycles. The minimum Gasteiger partial charge on any atom is -0.497 e. The molecule has 1 aliphatic heterocycles. The normalized spacial score (nSPS) is 16.3. The maximum Gasteiger partial charge on any atom is 0.199 e. The van der Waals surface area contributed by atoms with Gasteiger partial charge in [-0.1, -0.05) is 90.1 Å². The van der Waals surface area contributed by atoms with Crippen molar-refractivity contribution in [2.45, 2.75) is 91.6 Å². The van der Waals surface area contributed by atoms with Crippen molar-refractivity contribution < 1.29 is 18.6 Å². The van der Waals surface area contributed by atoms with E-state index in [0.717, 1.165) is 43.5 Å². The third kappa shape index (κ3) is 11.2. The van der Waals surface area contributed by atoms with Crippen molar-refractivity contribution in [3.8, 4) is 5.75 Å². The van der Waals surface area contributed by atoms with Crippen molar-refractivity contribution in [1.82, 2.24) is 9.80 Å². The number of benzene rings is 3. The van der Waals surface area contributed by atoms with Crippen LogP contribution in [0.15, 0.2) is 108 Å². The van der Waals surface area contributed by atoms with Gasteiger partial charge in [0.25, 0.3) is 0 Å². The van der Waals surface area contributed by atoms with Crippen molar-refractivity contribution in [3.63, 3.8) is 0 Å². The van der Waals surface area contributed by atoms with E-state index < -0.39 is 5.60 Å². The van der Waals surface area contributed by atoms with Gasteiger partial charge in [0.05, 0.1) is 38.1 Å². The summed E-state index contributed by atoms with van der Waals surface area (Å²) < 4.78 is 26.2. The Morgan fingerprint density at radius 1 is 0.745 bits per heavy atom. The van der Waals surface area contributed by atoms with Crippen molar-refractivity contribution in [2.75, 3.05) is 69.5 Å². The number of methoxy groups -OCH3 is 1. The second kappa shape index (κ2) is 20.9. The Morgan fingerprint density at radius 3 is 1.91 bits per heavy atom. The van der Waals surface area contributed by atoms with E-state index in [1.807, 2.05) is 6.07 Å². The van der Waals surface area contributed by atoms with Gasteiger partial charge >= 0.3 is 0 Å². The predicted molar refractivity (Wildman–Crippen MR) is 228 cm³/mol. The van der Waals surface area contributed by atoms with Crippen molar-refractivity contribution in [3.05, 3.63) is 109 Å². The summed E-state index contributed by atoms with van der Waals surface area (Å²) in [5, 5.41) is 0. The molecule has 1 aromatic heterocycles. The molecule has 0 aliphatic carbocycles. The zero-order valence-electron chi connectivity index (χ0n) is 34.9. The summed E-state index contributed by atoms with van der Waals surface area (Å²) in [6.45, 7) is 23.1. The van der Waals surface area contributed by atoms with Crippen LogP contribution in [-0.4, -0.2) is 93.2 Å². The van der Waals surface area contributed by atoms with Crippen LogP contribution < -0.4 is 14.5 Å². The number of likely N-dealkylation sites (N-methyl/N-ethyl adjacent to an activating group) is 1. The predicted octanol–water partition coefficient (Wildman–Crippen LogP) is 9.78. The lowest BCUT2D eigenvalue weighted by molar-refractivity contribution is -0.129. The van der Waals surface area contributed by atoms with Crippen LogP contribution in [0.2, 0.25) is 0 Å². The number of hydrogen-bond donors (Lipinski definition) is 0. The van der Waals surface area contributed by atoms with Gasteiger partial charge in [0.2, 0.25) is 0 Å². The Hall–Kier alpha value is -3.82. The van der Waals surface area contributed by atoms with E-state index >= 15 is 0 Å². The first-order valence-electron chi connectivity index (χ1n) is 20.7. The average Bonchev–Trinajstić information content (AvgIpc) is 3.95. The van der Waals surface area contributed by atoms with Crippen LogP contribution in [0.3, 0.4) is 0 Å². The first kappa shape index (κ1) is 42.3. The summed E-state index contributed by atoms with van der Waals surface area (Å²) in [5.41, 5.74) is 2.75. The highest BCUT2D eigenvalue weighted by Gasteiger charge is 2.53. The number of rotatable bonds is 23. The van der Waals surface area contributed by atoms with E-state index in [1.165, 1.54) is 24.1 Å². The van der Waals surface area contributed by atoms with E-state index in [2.05, 4.69) is 159 Å². The highest BCUT2D eigenvalue weighted by molar-refractivity contribution is 5.59. The Morgan fingerprint density at radius 2 is 1.36 bits per heavy atom.